The van der Waals surface area contributed by atoms with Gasteiger partial charge >= 0.3 is 5.97 Å². The number of hydrogen-bond acceptors (Lipinski definition) is 6. The number of aliphatic hydroxyl groups is 1. The zero-order valence-electron chi connectivity index (χ0n) is 13.7. The van der Waals surface area contributed by atoms with Crippen LogP contribution in [0.5, 0.6) is 0 Å². The van der Waals surface area contributed by atoms with Crippen LogP contribution in [0, 0.1) is 0 Å². The Labute approximate surface area is 148 Å². The van der Waals surface area contributed by atoms with Gasteiger partial charge in [-0.05, 0) is 33.7 Å². The molecule has 8 heteroatoms. The van der Waals surface area contributed by atoms with Gasteiger partial charge in [-0.15, -0.1) is 5.10 Å². The number of carboxylic acids is 1. The van der Waals surface area contributed by atoms with Crippen LogP contribution in [0.2, 0.25) is 0 Å². The smallest absolute Gasteiger partial charge is 0.335 e. The molecule has 3 rings (SSSR count). The quantitative estimate of drug-likeness (QED) is 0.613. The van der Waals surface area contributed by atoms with Crippen molar-refractivity contribution in [3.05, 3.63) is 76.6 Å². The predicted molar refractivity (Wildman–Crippen MR) is 91.0 cm³/mol. The van der Waals surface area contributed by atoms with E-state index in [4.69, 9.17) is 10.2 Å². The molecule has 0 aliphatic rings. The normalized spacial score (nSPS) is 10.7. The Balaban J connectivity index is 1.72. The third-order valence-corrected chi connectivity index (χ3v) is 3.92. The maximum absolute atomic E-state index is 11.4. The van der Waals surface area contributed by atoms with E-state index in [0.717, 1.165) is 11.1 Å². The number of rotatable bonds is 7. The standard InChI is InChI=1S/C18H16N4O4/c23-11-16(24)14-5-3-13(4-6-14)10-22-17(19-20-21-22)9-12-1-7-15(8-2-12)18(25)26/h1-8,23H,9-11H2,(H,25,26). The van der Waals surface area contributed by atoms with Crippen LogP contribution in [0.1, 0.15) is 37.7 Å². The monoisotopic (exact) mass is 352 g/mol. The molecule has 0 aliphatic carbocycles. The number of aromatic carboxylic acids is 1. The number of hydrogen-bond donors (Lipinski definition) is 2. The van der Waals surface area contributed by atoms with Crippen LogP contribution in [0.15, 0.2) is 48.5 Å². The summed E-state index contributed by atoms with van der Waals surface area (Å²) in [5, 5.41) is 29.5. The van der Waals surface area contributed by atoms with Gasteiger partial charge in [0.25, 0.3) is 0 Å². The van der Waals surface area contributed by atoms with Crippen LogP contribution in [0.25, 0.3) is 0 Å². The fraction of sp³-hybridized carbons (Fsp3) is 0.167. The Hall–Kier alpha value is -3.39. The molecular weight excluding hydrogens is 336 g/mol. The summed E-state index contributed by atoms with van der Waals surface area (Å²) in [5.41, 5.74) is 2.49. The van der Waals surface area contributed by atoms with Crippen LogP contribution < -0.4 is 0 Å². The Morgan fingerprint density at radius 3 is 2.15 bits per heavy atom. The van der Waals surface area contributed by atoms with Gasteiger partial charge in [-0.3, -0.25) is 4.79 Å². The van der Waals surface area contributed by atoms with Gasteiger partial charge in [0.1, 0.15) is 6.61 Å². The molecule has 0 spiro atoms. The molecule has 0 aliphatic heterocycles. The maximum Gasteiger partial charge on any atom is 0.335 e. The molecule has 0 bridgehead atoms. The molecule has 26 heavy (non-hydrogen) atoms. The number of aromatic nitrogens is 4. The number of tetrazole rings is 1. The first-order chi connectivity index (χ1) is 12.6. The molecule has 2 aromatic carbocycles. The van der Waals surface area contributed by atoms with Gasteiger partial charge in [0, 0.05) is 12.0 Å². The zero-order valence-corrected chi connectivity index (χ0v) is 13.7. The van der Waals surface area contributed by atoms with E-state index in [1.807, 2.05) is 0 Å². The SMILES string of the molecule is O=C(O)c1ccc(Cc2nnnn2Cc2ccc(C(=O)CO)cc2)cc1. The van der Waals surface area contributed by atoms with Crippen LogP contribution in [0.4, 0.5) is 0 Å². The van der Waals surface area contributed by atoms with Gasteiger partial charge < -0.3 is 10.2 Å². The summed E-state index contributed by atoms with van der Waals surface area (Å²) in [6, 6.07) is 13.4. The van der Waals surface area contributed by atoms with Crippen molar-refractivity contribution in [1.29, 1.82) is 0 Å². The molecule has 0 atom stereocenters. The van der Waals surface area contributed by atoms with E-state index in [0.29, 0.717) is 24.4 Å². The summed E-state index contributed by atoms with van der Waals surface area (Å²) >= 11 is 0. The minimum absolute atomic E-state index is 0.228. The average Bonchev–Trinajstić information content (AvgIpc) is 3.09. The Bertz CT molecular complexity index is 917. The van der Waals surface area contributed by atoms with Crippen LogP contribution >= 0.6 is 0 Å². The molecule has 0 saturated carbocycles. The number of ketones is 1. The second-order valence-corrected chi connectivity index (χ2v) is 5.71. The maximum atomic E-state index is 11.4. The summed E-state index contributed by atoms with van der Waals surface area (Å²) in [5.74, 6) is -0.655. The Kier molecular flexibility index (Phi) is 5.14. The second-order valence-electron chi connectivity index (χ2n) is 5.71. The van der Waals surface area contributed by atoms with E-state index in [1.165, 1.54) is 0 Å². The predicted octanol–water partition coefficient (Wildman–Crippen LogP) is 1.19. The Morgan fingerprint density at radius 2 is 1.54 bits per heavy atom. The largest absolute Gasteiger partial charge is 0.478 e. The number of carbonyl (C=O) groups excluding carboxylic acids is 1. The second kappa shape index (κ2) is 7.66. The van der Waals surface area contributed by atoms with Crippen molar-refractivity contribution < 1.29 is 19.8 Å². The zero-order chi connectivity index (χ0) is 18.5. The summed E-state index contributed by atoms with van der Waals surface area (Å²) in [6.07, 6.45) is 0.466. The number of carbonyl (C=O) groups is 2. The van der Waals surface area contributed by atoms with E-state index < -0.39 is 12.6 Å². The van der Waals surface area contributed by atoms with E-state index in [9.17, 15) is 9.59 Å². The first-order valence-electron chi connectivity index (χ1n) is 7.87. The fourth-order valence-corrected chi connectivity index (χ4v) is 2.48. The van der Waals surface area contributed by atoms with E-state index in [1.54, 1.807) is 53.2 Å². The van der Waals surface area contributed by atoms with Crippen molar-refractivity contribution in [3.8, 4) is 0 Å². The number of carboxylic acid groups (broad SMARTS) is 1. The van der Waals surface area contributed by atoms with Crippen molar-refractivity contribution in [2.24, 2.45) is 0 Å². The van der Waals surface area contributed by atoms with E-state index in [2.05, 4.69) is 15.5 Å². The summed E-state index contributed by atoms with van der Waals surface area (Å²) < 4.78 is 1.65. The highest BCUT2D eigenvalue weighted by Gasteiger charge is 2.10. The van der Waals surface area contributed by atoms with Crippen molar-refractivity contribution in [2.75, 3.05) is 6.61 Å². The highest BCUT2D eigenvalue weighted by molar-refractivity contribution is 5.96. The summed E-state index contributed by atoms with van der Waals surface area (Å²) in [4.78, 5) is 22.3. The molecule has 0 fully saturated rings. The van der Waals surface area contributed by atoms with Crippen molar-refractivity contribution in [1.82, 2.24) is 20.2 Å². The molecule has 0 unspecified atom stereocenters. The van der Waals surface area contributed by atoms with Gasteiger partial charge in [0.05, 0.1) is 12.1 Å². The molecule has 3 aromatic rings. The van der Waals surface area contributed by atoms with Gasteiger partial charge in [0.2, 0.25) is 0 Å². The van der Waals surface area contributed by atoms with Crippen LogP contribution in [0.3, 0.4) is 0 Å². The van der Waals surface area contributed by atoms with Crippen molar-refractivity contribution in [2.45, 2.75) is 13.0 Å². The lowest BCUT2D eigenvalue weighted by molar-refractivity contribution is 0.0696. The first kappa shape index (κ1) is 17.4. The highest BCUT2D eigenvalue weighted by atomic mass is 16.4. The number of Topliss-reactive ketones (excluding diaryl/α,β-unsaturated/α-hetero) is 1. The van der Waals surface area contributed by atoms with Crippen LogP contribution in [-0.4, -0.2) is 48.8 Å². The molecular formula is C18H16N4O4. The number of benzene rings is 2. The lowest BCUT2D eigenvalue weighted by Gasteiger charge is -2.06. The number of aliphatic hydroxyl groups excluding tert-OH is 1. The van der Waals surface area contributed by atoms with Crippen molar-refractivity contribution >= 4 is 11.8 Å². The third-order valence-electron chi connectivity index (χ3n) is 3.92. The molecule has 1 heterocycles. The molecule has 0 radical (unpaired) electrons. The minimum atomic E-state index is -0.968. The summed E-state index contributed by atoms with van der Waals surface area (Å²) in [6.45, 7) is -0.0830. The van der Waals surface area contributed by atoms with Gasteiger partial charge in [-0.25, -0.2) is 9.48 Å². The van der Waals surface area contributed by atoms with E-state index in [-0.39, 0.29) is 11.3 Å². The lowest BCUT2D eigenvalue weighted by Crippen LogP contribution is -2.09. The third kappa shape index (κ3) is 3.98. The molecule has 8 nitrogen and oxygen atoms in total. The van der Waals surface area contributed by atoms with Crippen molar-refractivity contribution in [3.63, 3.8) is 0 Å². The Morgan fingerprint density at radius 1 is 0.923 bits per heavy atom. The molecule has 0 amide bonds. The summed E-state index contributed by atoms with van der Waals surface area (Å²) in [7, 11) is 0. The highest BCUT2D eigenvalue weighted by Crippen LogP contribution is 2.11. The minimum Gasteiger partial charge on any atom is -0.478 e. The topological polar surface area (TPSA) is 118 Å². The lowest BCUT2D eigenvalue weighted by atomic mass is 10.1. The van der Waals surface area contributed by atoms with Gasteiger partial charge in [-0.2, -0.15) is 0 Å². The average molecular weight is 352 g/mol. The van der Waals surface area contributed by atoms with Crippen LogP contribution in [-0.2, 0) is 13.0 Å². The first-order valence-corrected chi connectivity index (χ1v) is 7.87. The van der Waals surface area contributed by atoms with Gasteiger partial charge in [-0.1, -0.05) is 36.4 Å². The molecule has 0 saturated heterocycles. The van der Waals surface area contributed by atoms with Gasteiger partial charge in [0.15, 0.2) is 11.6 Å². The molecule has 132 valence electrons. The fourth-order valence-electron chi connectivity index (χ4n) is 2.48. The van der Waals surface area contributed by atoms with E-state index >= 15 is 0 Å². The molecule has 2 N–H and O–H groups in total. The number of nitrogens with zero attached hydrogens (tertiary/aromatic N) is 4. The molecule has 1 aromatic heterocycles.